The zero-order chi connectivity index (χ0) is 20.8. The van der Waals surface area contributed by atoms with E-state index in [-0.39, 0.29) is 11.6 Å². The molecule has 1 fully saturated rings. The summed E-state index contributed by atoms with van der Waals surface area (Å²) in [5.41, 5.74) is 1.32. The van der Waals surface area contributed by atoms with Crippen molar-refractivity contribution in [2.24, 2.45) is 0 Å². The highest BCUT2D eigenvalue weighted by Gasteiger charge is 2.27. The first-order valence-electron chi connectivity index (χ1n) is 8.96. The number of nitro groups is 1. The number of nitrogens with zero attached hydrogens (tertiary/aromatic N) is 3. The Labute approximate surface area is 178 Å². The third-order valence-electron chi connectivity index (χ3n) is 4.50. The first-order valence-corrected chi connectivity index (χ1v) is 9.75. The van der Waals surface area contributed by atoms with Crippen LogP contribution in [0.1, 0.15) is 5.56 Å². The number of halogens is 1. The van der Waals surface area contributed by atoms with Gasteiger partial charge in [0.1, 0.15) is 5.69 Å². The number of hydrogen-bond acceptors (Lipinski definition) is 5. The summed E-state index contributed by atoms with van der Waals surface area (Å²) in [6, 6.07) is 14.1. The van der Waals surface area contributed by atoms with Crippen LogP contribution >= 0.6 is 23.8 Å². The van der Waals surface area contributed by atoms with Crippen LogP contribution in [0.25, 0.3) is 6.08 Å². The van der Waals surface area contributed by atoms with Gasteiger partial charge in [-0.3, -0.25) is 20.2 Å². The molecule has 1 heterocycles. The molecule has 0 aliphatic carbocycles. The number of nitrogens with one attached hydrogen (secondary N) is 1. The summed E-state index contributed by atoms with van der Waals surface area (Å²) in [5.74, 6) is -0.303. The fourth-order valence-electron chi connectivity index (χ4n) is 3.06. The fraction of sp³-hybridized carbons (Fsp3) is 0.200. The van der Waals surface area contributed by atoms with Gasteiger partial charge >= 0.3 is 0 Å². The van der Waals surface area contributed by atoms with Crippen molar-refractivity contribution in [1.82, 2.24) is 10.2 Å². The van der Waals surface area contributed by atoms with Gasteiger partial charge in [0.05, 0.1) is 9.95 Å². The molecule has 1 aliphatic heterocycles. The second-order valence-corrected chi connectivity index (χ2v) is 7.17. The molecule has 3 rings (SSSR count). The molecule has 1 amide bonds. The van der Waals surface area contributed by atoms with Gasteiger partial charge in [-0.1, -0.05) is 48.0 Å². The highest BCUT2D eigenvalue weighted by atomic mass is 35.5. The molecular weight excluding hydrogens is 412 g/mol. The minimum atomic E-state index is -0.433. The van der Waals surface area contributed by atoms with Crippen LogP contribution in [0.5, 0.6) is 0 Å². The predicted octanol–water partition coefficient (Wildman–Crippen LogP) is 3.48. The number of hydrogen-bond donors (Lipinski definition) is 1. The van der Waals surface area contributed by atoms with Crippen molar-refractivity contribution in [3.05, 3.63) is 75.3 Å². The van der Waals surface area contributed by atoms with Crippen LogP contribution in [-0.4, -0.2) is 47.0 Å². The van der Waals surface area contributed by atoms with Crippen LogP contribution < -0.4 is 10.2 Å². The van der Waals surface area contributed by atoms with E-state index < -0.39 is 4.92 Å². The quantitative estimate of drug-likeness (QED) is 0.346. The van der Waals surface area contributed by atoms with E-state index in [1.807, 2.05) is 40.1 Å². The van der Waals surface area contributed by atoms with Gasteiger partial charge in [0.25, 0.3) is 5.69 Å². The van der Waals surface area contributed by atoms with E-state index in [0.717, 1.165) is 5.56 Å². The van der Waals surface area contributed by atoms with Crippen molar-refractivity contribution in [2.45, 2.75) is 0 Å². The monoisotopic (exact) mass is 430 g/mol. The minimum Gasteiger partial charge on any atom is -0.361 e. The largest absolute Gasteiger partial charge is 0.361 e. The Bertz CT molecular complexity index is 944. The molecule has 1 aliphatic rings. The number of piperazine rings is 1. The van der Waals surface area contributed by atoms with E-state index in [2.05, 4.69) is 5.32 Å². The molecule has 7 nitrogen and oxygen atoms in total. The molecule has 2 aromatic rings. The zero-order valence-electron chi connectivity index (χ0n) is 15.5. The van der Waals surface area contributed by atoms with Crippen molar-refractivity contribution in [1.29, 1.82) is 0 Å². The molecule has 150 valence electrons. The third-order valence-corrected chi connectivity index (χ3v) is 5.17. The molecule has 0 saturated carbocycles. The summed E-state index contributed by atoms with van der Waals surface area (Å²) >= 11 is 11.5. The Hall–Kier alpha value is -2.97. The number of carbonyl (C=O) groups excluding carboxylic acids is 1. The van der Waals surface area contributed by atoms with Crippen LogP contribution in [-0.2, 0) is 4.79 Å². The molecule has 0 radical (unpaired) electrons. The summed E-state index contributed by atoms with van der Waals surface area (Å²) in [6.45, 7) is 2.04. The summed E-state index contributed by atoms with van der Waals surface area (Å²) in [7, 11) is 0. The Balaban J connectivity index is 1.57. The Morgan fingerprint density at radius 3 is 2.45 bits per heavy atom. The van der Waals surface area contributed by atoms with Crippen LogP contribution in [0.15, 0.2) is 54.6 Å². The summed E-state index contributed by atoms with van der Waals surface area (Å²) in [4.78, 5) is 26.7. The number of benzene rings is 2. The van der Waals surface area contributed by atoms with Crippen molar-refractivity contribution in [3.8, 4) is 0 Å². The summed E-state index contributed by atoms with van der Waals surface area (Å²) < 4.78 is 0. The van der Waals surface area contributed by atoms with E-state index in [0.29, 0.717) is 42.0 Å². The van der Waals surface area contributed by atoms with Gasteiger partial charge in [-0.25, -0.2) is 0 Å². The smallest absolute Gasteiger partial charge is 0.294 e. The average Bonchev–Trinajstić information content (AvgIpc) is 2.73. The molecular formula is C20H19ClN4O3S. The van der Waals surface area contributed by atoms with Gasteiger partial charge < -0.3 is 9.80 Å². The zero-order valence-corrected chi connectivity index (χ0v) is 17.0. The number of rotatable bonds is 4. The Kier molecular flexibility index (Phi) is 6.79. The molecule has 9 heteroatoms. The lowest BCUT2D eigenvalue weighted by Crippen LogP contribution is -2.52. The van der Waals surface area contributed by atoms with Gasteiger partial charge in [-0.05, 0) is 29.9 Å². The molecule has 0 bridgehead atoms. The molecule has 0 aromatic heterocycles. The average molecular weight is 431 g/mol. The lowest BCUT2D eigenvalue weighted by Gasteiger charge is -2.37. The molecule has 0 spiro atoms. The fourth-order valence-corrected chi connectivity index (χ4v) is 3.63. The highest BCUT2D eigenvalue weighted by molar-refractivity contribution is 7.80. The van der Waals surface area contributed by atoms with Gasteiger partial charge in [0.2, 0.25) is 5.91 Å². The standard InChI is InChI=1S/C20H19ClN4O3S/c21-16-7-4-8-17(25(27)28)19(16)23-11-13-24(14-12-23)20(29)22-18(26)10-9-15-5-2-1-3-6-15/h1-10H,11-14H2,(H,22,26,29)/b10-9+. The second-order valence-electron chi connectivity index (χ2n) is 6.38. The molecule has 2 aromatic carbocycles. The maximum absolute atomic E-state index is 12.1. The SMILES string of the molecule is O=C(/C=C/c1ccccc1)NC(=S)N1CCN(c2c(Cl)cccc2[N+](=O)[O-])CC1. The first kappa shape index (κ1) is 20.8. The molecule has 29 heavy (non-hydrogen) atoms. The van der Waals surface area contributed by atoms with E-state index in [1.54, 1.807) is 18.2 Å². The molecule has 0 unspecified atom stereocenters. The van der Waals surface area contributed by atoms with Gasteiger partial charge in [-0.2, -0.15) is 0 Å². The minimum absolute atomic E-state index is 0.0205. The van der Waals surface area contributed by atoms with Gasteiger partial charge in [-0.15, -0.1) is 0 Å². The molecule has 1 saturated heterocycles. The number of anilines is 1. The van der Waals surface area contributed by atoms with E-state index in [9.17, 15) is 14.9 Å². The summed E-state index contributed by atoms with van der Waals surface area (Å²) in [5, 5.41) is 14.7. The van der Waals surface area contributed by atoms with Crippen molar-refractivity contribution < 1.29 is 9.72 Å². The number of carbonyl (C=O) groups is 1. The highest BCUT2D eigenvalue weighted by Crippen LogP contribution is 2.35. The Morgan fingerprint density at radius 2 is 1.79 bits per heavy atom. The van der Waals surface area contributed by atoms with Crippen molar-refractivity contribution in [3.63, 3.8) is 0 Å². The molecule has 0 atom stereocenters. The maximum Gasteiger partial charge on any atom is 0.294 e. The Morgan fingerprint density at radius 1 is 1.10 bits per heavy atom. The van der Waals surface area contributed by atoms with Crippen LogP contribution in [0.4, 0.5) is 11.4 Å². The predicted molar refractivity (Wildman–Crippen MR) is 118 cm³/mol. The lowest BCUT2D eigenvalue weighted by atomic mass is 10.2. The van der Waals surface area contributed by atoms with Gasteiger partial charge in [0.15, 0.2) is 5.11 Å². The first-order chi connectivity index (χ1) is 14.0. The van der Waals surface area contributed by atoms with Crippen LogP contribution in [0, 0.1) is 10.1 Å². The topological polar surface area (TPSA) is 78.7 Å². The normalized spacial score (nSPS) is 14.1. The van der Waals surface area contributed by atoms with E-state index >= 15 is 0 Å². The van der Waals surface area contributed by atoms with Gasteiger partial charge in [0, 0.05) is 38.3 Å². The molecule has 1 N–H and O–H groups in total. The van der Waals surface area contributed by atoms with E-state index in [4.69, 9.17) is 23.8 Å². The second kappa shape index (κ2) is 9.49. The number of nitro benzene ring substituents is 1. The van der Waals surface area contributed by atoms with E-state index in [1.165, 1.54) is 12.1 Å². The number of amides is 1. The number of para-hydroxylation sites is 1. The summed E-state index contributed by atoms with van der Waals surface area (Å²) in [6.07, 6.45) is 3.15. The lowest BCUT2D eigenvalue weighted by molar-refractivity contribution is -0.384. The van der Waals surface area contributed by atoms with Crippen molar-refractivity contribution in [2.75, 3.05) is 31.1 Å². The van der Waals surface area contributed by atoms with Crippen molar-refractivity contribution >= 4 is 52.3 Å². The maximum atomic E-state index is 12.1. The van der Waals surface area contributed by atoms with Crippen LogP contribution in [0.3, 0.4) is 0 Å². The third kappa shape index (κ3) is 5.30. The number of thiocarbonyl (C=S) groups is 1. The van der Waals surface area contributed by atoms with Crippen LogP contribution in [0.2, 0.25) is 5.02 Å².